The maximum Gasteiger partial charge on any atom is 0.330 e. The third kappa shape index (κ3) is 3.61. The van der Waals surface area contributed by atoms with Crippen molar-refractivity contribution in [3.8, 4) is 11.5 Å². The van der Waals surface area contributed by atoms with Crippen LogP contribution in [0.3, 0.4) is 0 Å². The Morgan fingerprint density at radius 2 is 1.89 bits per heavy atom. The molecule has 0 saturated heterocycles. The van der Waals surface area contributed by atoms with E-state index in [0.29, 0.717) is 6.42 Å². The molecular formula is C13H17NO5. The first kappa shape index (κ1) is 14.8. The Labute approximate surface area is 110 Å². The van der Waals surface area contributed by atoms with Crippen LogP contribution >= 0.6 is 0 Å². The molecule has 1 aromatic rings. The zero-order chi connectivity index (χ0) is 14.6. The lowest BCUT2D eigenvalue weighted by molar-refractivity contribution is -0.142. The highest BCUT2D eigenvalue weighted by Crippen LogP contribution is 2.28. The number of carboxylic acid groups (broad SMARTS) is 1. The van der Waals surface area contributed by atoms with Crippen molar-refractivity contribution >= 4 is 11.9 Å². The van der Waals surface area contributed by atoms with Crippen molar-refractivity contribution in [2.45, 2.75) is 26.3 Å². The topological polar surface area (TPSA) is 107 Å². The van der Waals surface area contributed by atoms with Gasteiger partial charge in [-0.3, -0.25) is 4.79 Å². The van der Waals surface area contributed by atoms with Gasteiger partial charge < -0.3 is 20.6 Å². The van der Waals surface area contributed by atoms with Gasteiger partial charge in [0.2, 0.25) is 5.91 Å². The molecule has 0 aliphatic carbocycles. The number of carbonyl (C=O) groups excluding carboxylic acids is 1. The number of aromatic hydroxyl groups is 2. The van der Waals surface area contributed by atoms with Crippen LogP contribution in [0.25, 0.3) is 0 Å². The molecule has 6 nitrogen and oxygen atoms in total. The van der Waals surface area contributed by atoms with E-state index >= 15 is 0 Å². The van der Waals surface area contributed by atoms with Gasteiger partial charge in [-0.2, -0.15) is 0 Å². The standard InChI is InChI=1S/C13H17NO5/c1-3-7(2)12(17)14-11(13(18)19)8-4-5-9(15)10(16)6-8/h4-7,11,15-16H,3H2,1-2H3,(H,14,17)(H,18,19). The third-order valence-corrected chi connectivity index (χ3v) is 2.93. The molecule has 0 fully saturated rings. The van der Waals surface area contributed by atoms with Crippen LogP contribution in [0.1, 0.15) is 31.9 Å². The van der Waals surface area contributed by atoms with Gasteiger partial charge in [0.25, 0.3) is 0 Å². The molecule has 19 heavy (non-hydrogen) atoms. The van der Waals surface area contributed by atoms with Gasteiger partial charge in [0.1, 0.15) is 0 Å². The first-order valence-corrected chi connectivity index (χ1v) is 5.91. The lowest BCUT2D eigenvalue weighted by Crippen LogP contribution is -2.36. The van der Waals surface area contributed by atoms with Crippen LogP contribution in [-0.4, -0.2) is 27.2 Å². The molecule has 0 aromatic heterocycles. The first-order chi connectivity index (χ1) is 8.86. The van der Waals surface area contributed by atoms with Crippen LogP contribution in [0.5, 0.6) is 11.5 Å². The number of benzene rings is 1. The van der Waals surface area contributed by atoms with Crippen LogP contribution < -0.4 is 5.32 Å². The summed E-state index contributed by atoms with van der Waals surface area (Å²) in [6.45, 7) is 3.52. The normalized spacial score (nSPS) is 13.6. The summed E-state index contributed by atoms with van der Waals surface area (Å²) in [5.74, 6) is -2.68. The number of phenolic OH excluding ortho intramolecular Hbond substituents is 2. The summed E-state index contributed by atoms with van der Waals surface area (Å²) in [4.78, 5) is 22.9. The molecule has 0 radical (unpaired) electrons. The summed E-state index contributed by atoms with van der Waals surface area (Å²) in [7, 11) is 0. The van der Waals surface area contributed by atoms with E-state index in [1.165, 1.54) is 12.1 Å². The van der Waals surface area contributed by atoms with Gasteiger partial charge in [-0.25, -0.2) is 4.79 Å². The zero-order valence-electron chi connectivity index (χ0n) is 10.8. The molecule has 2 unspecified atom stereocenters. The van der Waals surface area contributed by atoms with E-state index in [-0.39, 0.29) is 23.1 Å². The fourth-order valence-corrected chi connectivity index (χ4v) is 1.48. The SMILES string of the molecule is CCC(C)C(=O)NC(C(=O)O)c1ccc(O)c(O)c1. The molecule has 0 saturated carbocycles. The Balaban J connectivity index is 2.98. The van der Waals surface area contributed by atoms with Gasteiger partial charge in [0.15, 0.2) is 17.5 Å². The van der Waals surface area contributed by atoms with E-state index in [9.17, 15) is 19.8 Å². The van der Waals surface area contributed by atoms with E-state index in [4.69, 9.17) is 5.11 Å². The highest BCUT2D eigenvalue weighted by molar-refractivity contribution is 5.85. The number of phenols is 2. The molecule has 1 aromatic carbocycles. The molecule has 2 atom stereocenters. The van der Waals surface area contributed by atoms with Gasteiger partial charge >= 0.3 is 5.97 Å². The molecule has 0 heterocycles. The number of nitrogens with one attached hydrogen (secondary N) is 1. The Bertz CT molecular complexity index is 486. The van der Waals surface area contributed by atoms with E-state index in [1.54, 1.807) is 6.92 Å². The van der Waals surface area contributed by atoms with Crippen molar-refractivity contribution in [3.05, 3.63) is 23.8 Å². The minimum Gasteiger partial charge on any atom is -0.504 e. The van der Waals surface area contributed by atoms with Crippen molar-refractivity contribution in [2.24, 2.45) is 5.92 Å². The van der Waals surface area contributed by atoms with Crippen LogP contribution in [0, 0.1) is 5.92 Å². The second-order valence-electron chi connectivity index (χ2n) is 4.34. The number of carbonyl (C=O) groups is 2. The lowest BCUT2D eigenvalue weighted by Gasteiger charge is -2.17. The summed E-state index contributed by atoms with van der Waals surface area (Å²) >= 11 is 0. The second kappa shape index (κ2) is 6.08. The molecule has 0 aliphatic heterocycles. The Kier molecular flexibility index (Phi) is 4.74. The van der Waals surface area contributed by atoms with Crippen LogP contribution in [0.15, 0.2) is 18.2 Å². The average molecular weight is 267 g/mol. The molecule has 1 rings (SSSR count). The minimum atomic E-state index is -1.26. The number of hydrogen-bond donors (Lipinski definition) is 4. The molecule has 1 amide bonds. The maximum atomic E-state index is 11.7. The van der Waals surface area contributed by atoms with Gasteiger partial charge in [0.05, 0.1) is 0 Å². The maximum absolute atomic E-state index is 11.7. The number of carboxylic acids is 1. The third-order valence-electron chi connectivity index (χ3n) is 2.93. The quantitative estimate of drug-likeness (QED) is 0.603. The summed E-state index contributed by atoms with van der Waals surface area (Å²) in [6, 6.07) is 2.37. The lowest BCUT2D eigenvalue weighted by atomic mass is 10.0. The van der Waals surface area contributed by atoms with Gasteiger partial charge in [0, 0.05) is 5.92 Å². The molecule has 0 bridgehead atoms. The Morgan fingerprint density at radius 3 is 2.37 bits per heavy atom. The van der Waals surface area contributed by atoms with E-state index in [0.717, 1.165) is 6.07 Å². The van der Waals surface area contributed by atoms with Crippen molar-refractivity contribution in [1.82, 2.24) is 5.32 Å². The fraction of sp³-hybridized carbons (Fsp3) is 0.385. The second-order valence-corrected chi connectivity index (χ2v) is 4.34. The van der Waals surface area contributed by atoms with Crippen LogP contribution in [0.2, 0.25) is 0 Å². The molecule has 0 aliphatic rings. The first-order valence-electron chi connectivity index (χ1n) is 5.91. The summed E-state index contributed by atoms with van der Waals surface area (Å²) in [5, 5.41) is 30.1. The zero-order valence-corrected chi connectivity index (χ0v) is 10.8. The number of hydrogen-bond acceptors (Lipinski definition) is 4. The fourth-order valence-electron chi connectivity index (χ4n) is 1.48. The smallest absolute Gasteiger partial charge is 0.330 e. The Morgan fingerprint density at radius 1 is 1.26 bits per heavy atom. The minimum absolute atomic E-state index is 0.194. The van der Waals surface area contributed by atoms with Crippen molar-refractivity contribution < 1.29 is 24.9 Å². The number of rotatable bonds is 5. The van der Waals surface area contributed by atoms with Gasteiger partial charge in [-0.05, 0) is 24.1 Å². The predicted molar refractivity (Wildman–Crippen MR) is 67.7 cm³/mol. The van der Waals surface area contributed by atoms with E-state index < -0.39 is 17.8 Å². The summed E-state index contributed by atoms with van der Waals surface area (Å²) in [6.07, 6.45) is 0.596. The number of amides is 1. The van der Waals surface area contributed by atoms with Gasteiger partial charge in [-0.1, -0.05) is 19.9 Å². The predicted octanol–water partition coefficient (Wildman–Crippen LogP) is 1.39. The molecule has 4 N–H and O–H groups in total. The van der Waals surface area contributed by atoms with E-state index in [2.05, 4.69) is 5.32 Å². The highest BCUT2D eigenvalue weighted by Gasteiger charge is 2.24. The van der Waals surface area contributed by atoms with Crippen molar-refractivity contribution in [3.63, 3.8) is 0 Å². The Hall–Kier alpha value is -2.24. The summed E-state index contributed by atoms with van der Waals surface area (Å²) < 4.78 is 0. The van der Waals surface area contributed by atoms with Crippen molar-refractivity contribution in [2.75, 3.05) is 0 Å². The number of aliphatic carboxylic acids is 1. The summed E-state index contributed by atoms with van der Waals surface area (Å²) in [5.41, 5.74) is 0.194. The molecule has 0 spiro atoms. The molecular weight excluding hydrogens is 250 g/mol. The van der Waals surface area contributed by atoms with Crippen molar-refractivity contribution in [1.29, 1.82) is 0 Å². The molecule has 6 heteroatoms. The monoisotopic (exact) mass is 267 g/mol. The van der Waals surface area contributed by atoms with Crippen LogP contribution in [0.4, 0.5) is 0 Å². The van der Waals surface area contributed by atoms with Crippen LogP contribution in [-0.2, 0) is 9.59 Å². The van der Waals surface area contributed by atoms with Gasteiger partial charge in [-0.15, -0.1) is 0 Å². The molecule has 104 valence electrons. The largest absolute Gasteiger partial charge is 0.504 e. The highest BCUT2D eigenvalue weighted by atomic mass is 16.4. The van der Waals surface area contributed by atoms with E-state index in [1.807, 2.05) is 6.92 Å². The average Bonchev–Trinajstić information content (AvgIpc) is 2.37.